The summed E-state index contributed by atoms with van der Waals surface area (Å²) in [6.07, 6.45) is 1.66. The Hall–Kier alpha value is -2.01. The maximum Gasteiger partial charge on any atom is 0.335 e. The Morgan fingerprint density at radius 3 is 2.68 bits per heavy atom. The molecule has 4 nitrogen and oxygen atoms in total. The van der Waals surface area contributed by atoms with E-state index in [1.54, 1.807) is 26.3 Å². The molecule has 1 N–H and O–H groups in total. The molecule has 0 saturated heterocycles. The Kier molecular flexibility index (Phi) is 4.06. The number of benzene rings is 1. The molecule has 98 valence electrons. The molecule has 19 heavy (non-hydrogen) atoms. The predicted molar refractivity (Wildman–Crippen MR) is 73.1 cm³/mol. The first-order valence-electron chi connectivity index (χ1n) is 5.62. The van der Waals surface area contributed by atoms with Gasteiger partial charge in [0.05, 0.1) is 12.7 Å². The number of aryl methyl sites for hydroxylation is 1. The molecule has 0 spiro atoms. The van der Waals surface area contributed by atoms with Crippen molar-refractivity contribution in [3.8, 4) is 5.88 Å². The van der Waals surface area contributed by atoms with Crippen molar-refractivity contribution in [1.82, 2.24) is 4.98 Å². The largest absolute Gasteiger partial charge is 0.481 e. The minimum Gasteiger partial charge on any atom is -0.481 e. The van der Waals surface area contributed by atoms with Gasteiger partial charge in [-0.3, -0.25) is 0 Å². The first-order valence-corrected chi connectivity index (χ1v) is 6.43. The van der Waals surface area contributed by atoms with Crippen molar-refractivity contribution in [2.24, 2.45) is 0 Å². The normalized spacial score (nSPS) is 10.2. The number of methoxy groups -OCH3 is 1. The van der Waals surface area contributed by atoms with Gasteiger partial charge in [-0.1, -0.05) is 17.8 Å². The van der Waals surface area contributed by atoms with Crippen LogP contribution in [0.15, 0.2) is 46.3 Å². The van der Waals surface area contributed by atoms with Gasteiger partial charge in [0.2, 0.25) is 5.88 Å². The summed E-state index contributed by atoms with van der Waals surface area (Å²) in [6.45, 7) is 1.79. The average molecular weight is 275 g/mol. The topological polar surface area (TPSA) is 59.4 Å². The number of aromatic carboxylic acids is 1. The molecular formula is C14H13NO3S. The van der Waals surface area contributed by atoms with Gasteiger partial charge in [-0.15, -0.1) is 0 Å². The number of carboxylic acids is 1. The highest BCUT2D eigenvalue weighted by atomic mass is 32.2. The lowest BCUT2D eigenvalue weighted by Gasteiger charge is -2.06. The minimum atomic E-state index is -0.910. The maximum atomic E-state index is 11.1. The van der Waals surface area contributed by atoms with Crippen molar-refractivity contribution in [2.75, 3.05) is 7.11 Å². The van der Waals surface area contributed by atoms with E-state index in [0.29, 0.717) is 11.4 Å². The molecule has 0 radical (unpaired) electrons. The SMILES string of the molecule is COc1cc(Sc2ccc(C)c(C(=O)O)c2)ccn1. The molecule has 1 aromatic carbocycles. The molecule has 0 aliphatic heterocycles. The molecule has 1 heterocycles. The molecule has 1 aromatic heterocycles. The molecule has 0 bridgehead atoms. The maximum absolute atomic E-state index is 11.1. The van der Waals surface area contributed by atoms with Crippen LogP contribution in [0, 0.1) is 6.92 Å². The Balaban J connectivity index is 2.28. The number of carboxylic acid groups (broad SMARTS) is 1. The third-order valence-electron chi connectivity index (χ3n) is 2.59. The number of aromatic nitrogens is 1. The number of hydrogen-bond acceptors (Lipinski definition) is 4. The van der Waals surface area contributed by atoms with Gasteiger partial charge < -0.3 is 9.84 Å². The number of nitrogens with zero attached hydrogens (tertiary/aromatic N) is 1. The summed E-state index contributed by atoms with van der Waals surface area (Å²) in [4.78, 5) is 16.9. The molecule has 0 saturated carbocycles. The van der Waals surface area contributed by atoms with Crippen LogP contribution in [0.4, 0.5) is 0 Å². The van der Waals surface area contributed by atoms with E-state index in [4.69, 9.17) is 9.84 Å². The van der Waals surface area contributed by atoms with Crippen LogP contribution in [0.5, 0.6) is 5.88 Å². The van der Waals surface area contributed by atoms with Crippen LogP contribution >= 0.6 is 11.8 Å². The van der Waals surface area contributed by atoms with E-state index in [-0.39, 0.29) is 0 Å². The predicted octanol–water partition coefficient (Wildman–Crippen LogP) is 3.25. The zero-order chi connectivity index (χ0) is 13.8. The first kappa shape index (κ1) is 13.4. The quantitative estimate of drug-likeness (QED) is 0.928. The van der Waals surface area contributed by atoms with E-state index >= 15 is 0 Å². The fraction of sp³-hybridized carbons (Fsp3) is 0.143. The van der Waals surface area contributed by atoms with Crippen LogP contribution in [-0.2, 0) is 0 Å². The van der Waals surface area contributed by atoms with Crippen molar-refractivity contribution in [3.63, 3.8) is 0 Å². The summed E-state index contributed by atoms with van der Waals surface area (Å²) in [7, 11) is 1.56. The lowest BCUT2D eigenvalue weighted by atomic mass is 10.1. The van der Waals surface area contributed by atoms with Crippen molar-refractivity contribution in [1.29, 1.82) is 0 Å². The van der Waals surface area contributed by atoms with Gasteiger partial charge in [0.1, 0.15) is 0 Å². The van der Waals surface area contributed by atoms with E-state index in [1.165, 1.54) is 11.8 Å². The smallest absolute Gasteiger partial charge is 0.335 e. The standard InChI is InChI=1S/C14H13NO3S/c1-9-3-4-10(7-12(9)14(16)17)19-11-5-6-15-13(8-11)18-2/h3-8H,1-2H3,(H,16,17). The third-order valence-corrected chi connectivity index (χ3v) is 3.57. The van der Waals surface area contributed by atoms with Crippen LogP contribution in [-0.4, -0.2) is 23.2 Å². The van der Waals surface area contributed by atoms with E-state index in [0.717, 1.165) is 15.4 Å². The van der Waals surface area contributed by atoms with Gasteiger partial charge in [0.15, 0.2) is 0 Å². The van der Waals surface area contributed by atoms with Gasteiger partial charge in [-0.2, -0.15) is 0 Å². The molecule has 5 heteroatoms. The molecule has 0 aliphatic carbocycles. The second-order valence-corrected chi connectivity index (χ2v) is 5.06. The van der Waals surface area contributed by atoms with Gasteiger partial charge in [-0.25, -0.2) is 9.78 Å². The zero-order valence-corrected chi connectivity index (χ0v) is 11.4. The summed E-state index contributed by atoms with van der Waals surface area (Å²) >= 11 is 1.47. The highest BCUT2D eigenvalue weighted by Crippen LogP contribution is 2.30. The van der Waals surface area contributed by atoms with E-state index in [2.05, 4.69) is 4.98 Å². The average Bonchev–Trinajstić information content (AvgIpc) is 2.41. The minimum absolute atomic E-state index is 0.325. The van der Waals surface area contributed by atoms with E-state index < -0.39 is 5.97 Å². The molecular weight excluding hydrogens is 262 g/mol. The van der Waals surface area contributed by atoms with E-state index in [9.17, 15) is 4.79 Å². The molecule has 0 fully saturated rings. The second-order valence-electron chi connectivity index (χ2n) is 3.92. The van der Waals surface area contributed by atoms with Gasteiger partial charge in [-0.05, 0) is 30.7 Å². The first-order chi connectivity index (χ1) is 9.10. The van der Waals surface area contributed by atoms with E-state index in [1.807, 2.05) is 24.3 Å². The Morgan fingerprint density at radius 1 is 1.26 bits per heavy atom. The van der Waals surface area contributed by atoms with Crippen LogP contribution in [0.3, 0.4) is 0 Å². The lowest BCUT2D eigenvalue weighted by Crippen LogP contribution is -1.99. The highest BCUT2D eigenvalue weighted by molar-refractivity contribution is 7.99. The van der Waals surface area contributed by atoms with Crippen LogP contribution < -0.4 is 4.74 Å². The highest BCUT2D eigenvalue weighted by Gasteiger charge is 2.09. The summed E-state index contributed by atoms with van der Waals surface area (Å²) in [6, 6.07) is 9.05. The summed E-state index contributed by atoms with van der Waals surface area (Å²) in [5.74, 6) is -0.372. The summed E-state index contributed by atoms with van der Waals surface area (Å²) in [5, 5.41) is 9.10. The van der Waals surface area contributed by atoms with Crippen LogP contribution in [0.25, 0.3) is 0 Å². The van der Waals surface area contributed by atoms with Crippen LogP contribution in [0.1, 0.15) is 15.9 Å². The molecule has 0 atom stereocenters. The van der Waals surface area contributed by atoms with Crippen molar-refractivity contribution < 1.29 is 14.6 Å². The van der Waals surface area contributed by atoms with Crippen molar-refractivity contribution >= 4 is 17.7 Å². The fourth-order valence-corrected chi connectivity index (χ4v) is 2.47. The molecule has 0 amide bonds. The summed E-state index contributed by atoms with van der Waals surface area (Å²) in [5.41, 5.74) is 1.08. The van der Waals surface area contributed by atoms with Crippen LogP contribution in [0.2, 0.25) is 0 Å². The van der Waals surface area contributed by atoms with Gasteiger partial charge in [0.25, 0.3) is 0 Å². The molecule has 0 aliphatic rings. The van der Waals surface area contributed by atoms with Crippen molar-refractivity contribution in [3.05, 3.63) is 47.7 Å². The Morgan fingerprint density at radius 2 is 2.00 bits per heavy atom. The number of ether oxygens (including phenoxy) is 1. The van der Waals surface area contributed by atoms with Gasteiger partial charge >= 0.3 is 5.97 Å². The number of hydrogen-bond donors (Lipinski definition) is 1. The fourth-order valence-electron chi connectivity index (χ4n) is 1.60. The summed E-state index contributed by atoms with van der Waals surface area (Å²) < 4.78 is 5.06. The Bertz CT molecular complexity index is 613. The third kappa shape index (κ3) is 3.26. The number of carbonyl (C=O) groups is 1. The zero-order valence-electron chi connectivity index (χ0n) is 10.6. The Labute approximate surface area is 115 Å². The van der Waals surface area contributed by atoms with Crippen molar-refractivity contribution in [2.45, 2.75) is 16.7 Å². The van der Waals surface area contributed by atoms with Gasteiger partial charge in [0, 0.05) is 22.1 Å². The molecule has 0 unspecified atom stereocenters. The monoisotopic (exact) mass is 275 g/mol. The number of rotatable bonds is 4. The molecule has 2 rings (SSSR count). The lowest BCUT2D eigenvalue weighted by molar-refractivity contribution is 0.0696. The molecule has 2 aromatic rings. The second kappa shape index (κ2) is 5.75. The number of pyridine rings is 1.